The van der Waals surface area contributed by atoms with Crippen molar-refractivity contribution < 1.29 is 14.3 Å². The van der Waals surface area contributed by atoms with Crippen molar-refractivity contribution in [2.24, 2.45) is 0 Å². The van der Waals surface area contributed by atoms with E-state index in [1.807, 2.05) is 36.6 Å². The number of nitrogens with zero attached hydrogens (tertiary/aromatic N) is 1. The molecule has 160 valence electrons. The van der Waals surface area contributed by atoms with Gasteiger partial charge in [-0.1, -0.05) is 59.6 Å². The maximum absolute atomic E-state index is 13.6. The minimum Gasteiger partial charge on any atom is -0.467 e. The van der Waals surface area contributed by atoms with E-state index in [0.29, 0.717) is 5.69 Å². The molecule has 0 N–H and O–H groups in total. The number of ether oxygens (including phenoxy) is 1. The summed E-state index contributed by atoms with van der Waals surface area (Å²) in [6.07, 6.45) is 1.99. The van der Waals surface area contributed by atoms with Crippen molar-refractivity contribution in [3.8, 4) is 11.1 Å². The first-order valence-corrected chi connectivity index (χ1v) is 11.5. The first kappa shape index (κ1) is 23.2. The van der Waals surface area contributed by atoms with Crippen molar-refractivity contribution in [2.75, 3.05) is 18.3 Å². The van der Waals surface area contributed by atoms with Gasteiger partial charge in [0.05, 0.1) is 22.7 Å². The summed E-state index contributed by atoms with van der Waals surface area (Å²) in [4.78, 5) is 28.2. The number of para-hydroxylation sites is 1. The number of carbonyl (C=O) groups excluding carboxylic acids is 2. The Bertz CT molecular complexity index is 1080. The zero-order chi connectivity index (χ0) is 22.5. The van der Waals surface area contributed by atoms with Gasteiger partial charge in [0.25, 0.3) is 5.91 Å². The summed E-state index contributed by atoms with van der Waals surface area (Å²) in [5, 5.41) is 0.419. The Morgan fingerprint density at radius 1 is 0.968 bits per heavy atom. The number of esters is 1. The molecular weight excluding hydrogens is 453 g/mol. The quantitative estimate of drug-likeness (QED) is 0.299. The van der Waals surface area contributed by atoms with E-state index >= 15 is 0 Å². The van der Waals surface area contributed by atoms with Crippen LogP contribution in [0.2, 0.25) is 10.0 Å². The average Bonchev–Trinajstić information content (AvgIpc) is 2.78. The van der Waals surface area contributed by atoms with Crippen LogP contribution in [0.15, 0.2) is 71.6 Å². The predicted molar refractivity (Wildman–Crippen MR) is 128 cm³/mol. The van der Waals surface area contributed by atoms with Gasteiger partial charge in [0.2, 0.25) is 0 Å². The van der Waals surface area contributed by atoms with Crippen molar-refractivity contribution in [2.45, 2.75) is 17.9 Å². The van der Waals surface area contributed by atoms with Gasteiger partial charge in [-0.15, -0.1) is 11.8 Å². The van der Waals surface area contributed by atoms with Crippen LogP contribution in [0, 0.1) is 0 Å². The molecule has 4 nitrogen and oxygen atoms in total. The summed E-state index contributed by atoms with van der Waals surface area (Å²) >= 11 is 14.8. The lowest BCUT2D eigenvalue weighted by Gasteiger charge is -2.28. The zero-order valence-corrected chi connectivity index (χ0v) is 19.6. The molecule has 7 heteroatoms. The molecule has 0 bridgehead atoms. The van der Waals surface area contributed by atoms with Crippen LogP contribution in [0.3, 0.4) is 0 Å². The van der Waals surface area contributed by atoms with Crippen LogP contribution in [-0.4, -0.2) is 31.3 Å². The molecule has 0 unspecified atom stereocenters. The molecule has 0 fully saturated rings. The number of amides is 1. The Balaban J connectivity index is 2.09. The Kier molecular flexibility index (Phi) is 7.65. The fourth-order valence-corrected chi connectivity index (χ4v) is 4.59. The Morgan fingerprint density at radius 3 is 2.13 bits per heavy atom. The normalized spacial score (nSPS) is 11.6. The van der Waals surface area contributed by atoms with Crippen molar-refractivity contribution >= 4 is 52.5 Å². The summed E-state index contributed by atoms with van der Waals surface area (Å²) in [6.45, 7) is 1.60. The summed E-state index contributed by atoms with van der Waals surface area (Å²) < 4.78 is 4.86. The summed E-state index contributed by atoms with van der Waals surface area (Å²) in [5.74, 6) is -1.03. The van der Waals surface area contributed by atoms with Crippen molar-refractivity contribution in [1.29, 1.82) is 0 Å². The monoisotopic (exact) mass is 473 g/mol. The van der Waals surface area contributed by atoms with E-state index in [1.165, 1.54) is 12.0 Å². The number of rotatable bonds is 6. The molecule has 0 aliphatic carbocycles. The summed E-state index contributed by atoms with van der Waals surface area (Å²) in [6, 6.07) is 19.3. The molecule has 0 heterocycles. The number of carbonyl (C=O) groups is 2. The third-order valence-electron chi connectivity index (χ3n) is 4.86. The van der Waals surface area contributed by atoms with Gasteiger partial charge in [-0.3, -0.25) is 9.69 Å². The minimum absolute atomic E-state index is 0.133. The molecule has 3 aromatic rings. The fourth-order valence-electron chi connectivity index (χ4n) is 3.32. The zero-order valence-electron chi connectivity index (χ0n) is 17.3. The number of anilines is 1. The second-order valence-corrected chi connectivity index (χ2v) is 8.39. The third-order valence-corrected chi connectivity index (χ3v) is 6.25. The molecule has 3 rings (SSSR count). The second-order valence-electron chi connectivity index (χ2n) is 6.73. The van der Waals surface area contributed by atoms with Gasteiger partial charge in [-0.2, -0.15) is 0 Å². The SMILES string of the molecule is COC(=O)[C@H](C)N(C(=O)c1c(Cl)cc(-c2ccccc2SC)cc1Cl)c1ccccc1. The lowest BCUT2D eigenvalue weighted by atomic mass is 10.0. The standard InChI is InChI=1S/C24H21Cl2NO3S/c1-15(24(29)30-2)27(17-9-5-4-6-10-17)23(28)22-19(25)13-16(14-20(22)26)18-11-7-8-12-21(18)31-3/h4-15H,1-3H3/t15-/m0/s1. The van der Waals surface area contributed by atoms with E-state index in [-0.39, 0.29) is 15.6 Å². The highest BCUT2D eigenvalue weighted by Gasteiger charge is 2.31. The van der Waals surface area contributed by atoms with Crippen molar-refractivity contribution in [3.05, 3.63) is 82.3 Å². The van der Waals surface area contributed by atoms with E-state index in [4.69, 9.17) is 27.9 Å². The lowest BCUT2D eigenvalue weighted by Crippen LogP contribution is -2.44. The summed E-state index contributed by atoms with van der Waals surface area (Å²) in [7, 11) is 1.28. The molecule has 0 aromatic heterocycles. The van der Waals surface area contributed by atoms with Gasteiger partial charge in [0.15, 0.2) is 0 Å². The number of hydrogen-bond acceptors (Lipinski definition) is 4. The van der Waals surface area contributed by atoms with Crippen LogP contribution in [0.1, 0.15) is 17.3 Å². The molecule has 1 amide bonds. The fraction of sp³-hybridized carbons (Fsp3) is 0.167. The molecule has 0 spiro atoms. The maximum Gasteiger partial charge on any atom is 0.328 e. The van der Waals surface area contributed by atoms with Gasteiger partial charge < -0.3 is 4.74 Å². The van der Waals surface area contributed by atoms with Crippen LogP contribution in [0.5, 0.6) is 0 Å². The highest BCUT2D eigenvalue weighted by molar-refractivity contribution is 7.98. The van der Waals surface area contributed by atoms with E-state index < -0.39 is 17.9 Å². The first-order chi connectivity index (χ1) is 14.9. The number of hydrogen-bond donors (Lipinski definition) is 0. The topological polar surface area (TPSA) is 46.6 Å². The van der Waals surface area contributed by atoms with Gasteiger partial charge in [-0.05, 0) is 54.6 Å². The summed E-state index contributed by atoms with van der Waals surface area (Å²) in [5.41, 5.74) is 2.45. The predicted octanol–water partition coefficient (Wildman–Crippen LogP) is 6.59. The number of thioether (sulfide) groups is 1. The second kappa shape index (κ2) is 10.2. The number of methoxy groups -OCH3 is 1. The Hall–Kier alpha value is -2.47. The van der Waals surface area contributed by atoms with Crippen LogP contribution < -0.4 is 4.90 Å². The van der Waals surface area contributed by atoms with Gasteiger partial charge in [0, 0.05) is 10.6 Å². The van der Waals surface area contributed by atoms with E-state index in [9.17, 15) is 9.59 Å². The van der Waals surface area contributed by atoms with Crippen molar-refractivity contribution in [1.82, 2.24) is 0 Å². The molecule has 1 atom stereocenters. The number of halogens is 2. The van der Waals surface area contributed by atoms with Crippen LogP contribution in [-0.2, 0) is 9.53 Å². The van der Waals surface area contributed by atoms with Crippen LogP contribution >= 0.6 is 35.0 Å². The molecule has 3 aromatic carbocycles. The minimum atomic E-state index is -0.871. The average molecular weight is 474 g/mol. The van der Waals surface area contributed by atoms with Crippen LogP contribution in [0.4, 0.5) is 5.69 Å². The first-order valence-electron chi connectivity index (χ1n) is 9.48. The van der Waals surface area contributed by atoms with E-state index in [1.54, 1.807) is 55.1 Å². The molecule has 0 saturated carbocycles. The molecule has 31 heavy (non-hydrogen) atoms. The lowest BCUT2D eigenvalue weighted by molar-refractivity contribution is -0.141. The maximum atomic E-state index is 13.6. The molecule has 0 aliphatic rings. The Morgan fingerprint density at radius 2 is 1.55 bits per heavy atom. The van der Waals surface area contributed by atoms with Gasteiger partial charge in [-0.25, -0.2) is 4.79 Å². The van der Waals surface area contributed by atoms with E-state index in [0.717, 1.165) is 16.0 Å². The van der Waals surface area contributed by atoms with Gasteiger partial charge >= 0.3 is 5.97 Å². The smallest absolute Gasteiger partial charge is 0.328 e. The number of benzene rings is 3. The largest absolute Gasteiger partial charge is 0.467 e. The molecular formula is C24H21Cl2NO3S. The molecule has 0 saturated heterocycles. The highest BCUT2D eigenvalue weighted by Crippen LogP contribution is 2.37. The van der Waals surface area contributed by atoms with Crippen LogP contribution in [0.25, 0.3) is 11.1 Å². The highest BCUT2D eigenvalue weighted by atomic mass is 35.5. The Labute approximate surface area is 196 Å². The van der Waals surface area contributed by atoms with Gasteiger partial charge in [0.1, 0.15) is 6.04 Å². The molecule has 0 aliphatic heterocycles. The van der Waals surface area contributed by atoms with E-state index in [2.05, 4.69) is 0 Å². The third kappa shape index (κ3) is 4.90. The van der Waals surface area contributed by atoms with Crippen molar-refractivity contribution in [3.63, 3.8) is 0 Å². The molecule has 0 radical (unpaired) electrons.